The summed E-state index contributed by atoms with van der Waals surface area (Å²) in [5.41, 5.74) is 5.80. The van der Waals surface area contributed by atoms with Crippen molar-refractivity contribution in [2.45, 2.75) is 71.8 Å². The zero-order chi connectivity index (χ0) is 13.1. The minimum atomic E-state index is -0.153. The Morgan fingerprint density at radius 1 is 1.12 bits per heavy atom. The second-order valence-electron chi connectivity index (χ2n) is 5.10. The summed E-state index contributed by atoms with van der Waals surface area (Å²) in [4.78, 5) is 11.4. The van der Waals surface area contributed by atoms with Crippen molar-refractivity contribution in [1.82, 2.24) is 0 Å². The molecule has 0 radical (unpaired) electrons. The number of hydrogen-bond acceptors (Lipinski definition) is 3. The van der Waals surface area contributed by atoms with Gasteiger partial charge in [0, 0.05) is 6.04 Å². The lowest BCUT2D eigenvalue weighted by atomic mass is 10.0. The highest BCUT2D eigenvalue weighted by molar-refractivity contribution is 5.70. The number of nitrogens with two attached hydrogens (primary N) is 1. The van der Waals surface area contributed by atoms with Crippen LogP contribution in [0.1, 0.15) is 65.7 Å². The van der Waals surface area contributed by atoms with Crippen LogP contribution in [-0.4, -0.2) is 18.6 Å². The van der Waals surface area contributed by atoms with Gasteiger partial charge < -0.3 is 10.5 Å². The van der Waals surface area contributed by atoms with Crippen LogP contribution in [0.3, 0.4) is 0 Å². The third-order valence-corrected chi connectivity index (χ3v) is 3.02. The Hall–Kier alpha value is -0.570. The van der Waals surface area contributed by atoms with Gasteiger partial charge in [-0.3, -0.25) is 4.79 Å². The van der Waals surface area contributed by atoms with Gasteiger partial charge in [0.15, 0.2) is 0 Å². The van der Waals surface area contributed by atoms with Crippen molar-refractivity contribution in [1.29, 1.82) is 0 Å². The average Bonchev–Trinajstić information content (AvgIpc) is 2.27. The number of unbranched alkanes of at least 4 members (excludes halogenated alkanes) is 5. The molecule has 102 valence electrons. The highest BCUT2D eigenvalue weighted by Crippen LogP contribution is 2.07. The predicted octanol–water partition coefficient (Wildman–Crippen LogP) is 3.26. The van der Waals surface area contributed by atoms with Crippen molar-refractivity contribution in [3.63, 3.8) is 0 Å². The lowest BCUT2D eigenvalue weighted by Gasteiger charge is -2.14. The van der Waals surface area contributed by atoms with E-state index in [1.165, 1.54) is 25.7 Å². The molecule has 3 heteroatoms. The number of carbonyl (C=O) groups excluding carboxylic acids is 1. The zero-order valence-electron chi connectivity index (χ0n) is 11.7. The van der Waals surface area contributed by atoms with E-state index in [9.17, 15) is 4.79 Å². The molecule has 0 aromatic heterocycles. The Labute approximate surface area is 106 Å². The lowest BCUT2D eigenvalue weighted by Crippen LogP contribution is -2.30. The number of rotatable bonds is 10. The maximum atomic E-state index is 11.4. The van der Waals surface area contributed by atoms with Crippen LogP contribution in [-0.2, 0) is 9.53 Å². The van der Waals surface area contributed by atoms with Crippen LogP contribution in [0.4, 0.5) is 0 Å². The van der Waals surface area contributed by atoms with E-state index < -0.39 is 0 Å². The van der Waals surface area contributed by atoms with Crippen LogP contribution in [0.15, 0.2) is 0 Å². The Bertz CT molecular complexity index is 193. The molecular weight excluding hydrogens is 214 g/mol. The summed E-state index contributed by atoms with van der Waals surface area (Å²) in [5, 5.41) is 0. The van der Waals surface area contributed by atoms with Gasteiger partial charge in [-0.2, -0.15) is 0 Å². The normalized spacial score (nSPS) is 12.8. The minimum absolute atomic E-state index is 0.0768. The van der Waals surface area contributed by atoms with E-state index in [2.05, 4.69) is 6.92 Å². The van der Waals surface area contributed by atoms with E-state index in [1.807, 2.05) is 13.8 Å². The van der Waals surface area contributed by atoms with Gasteiger partial charge in [-0.05, 0) is 12.3 Å². The fourth-order valence-corrected chi connectivity index (χ4v) is 1.56. The molecule has 17 heavy (non-hydrogen) atoms. The quantitative estimate of drug-likeness (QED) is 0.473. The molecule has 0 aliphatic rings. The van der Waals surface area contributed by atoms with E-state index in [4.69, 9.17) is 10.5 Å². The van der Waals surface area contributed by atoms with Crippen LogP contribution < -0.4 is 5.73 Å². The summed E-state index contributed by atoms with van der Waals surface area (Å²) < 4.78 is 5.15. The second kappa shape index (κ2) is 10.6. The molecule has 1 unspecified atom stereocenters. The van der Waals surface area contributed by atoms with E-state index in [0.29, 0.717) is 18.9 Å². The van der Waals surface area contributed by atoms with E-state index >= 15 is 0 Å². The van der Waals surface area contributed by atoms with E-state index in [0.717, 1.165) is 12.8 Å². The summed E-state index contributed by atoms with van der Waals surface area (Å²) in [6.07, 6.45) is 7.59. The summed E-state index contributed by atoms with van der Waals surface area (Å²) in [6, 6.07) is -0.0768. The smallest absolute Gasteiger partial charge is 0.307 e. The van der Waals surface area contributed by atoms with Crippen LogP contribution in [0.5, 0.6) is 0 Å². The first kappa shape index (κ1) is 16.4. The molecule has 0 spiro atoms. The van der Waals surface area contributed by atoms with Gasteiger partial charge in [0.1, 0.15) is 0 Å². The molecule has 0 saturated carbocycles. The average molecular weight is 243 g/mol. The van der Waals surface area contributed by atoms with Crippen LogP contribution in [0.2, 0.25) is 0 Å². The minimum Gasteiger partial charge on any atom is -0.466 e. The summed E-state index contributed by atoms with van der Waals surface area (Å²) in [6.45, 7) is 6.80. The van der Waals surface area contributed by atoms with E-state index in [1.54, 1.807) is 0 Å². The molecule has 0 rings (SSSR count). The molecule has 3 nitrogen and oxygen atoms in total. The van der Waals surface area contributed by atoms with Crippen molar-refractivity contribution in [2.75, 3.05) is 6.61 Å². The van der Waals surface area contributed by atoms with Gasteiger partial charge >= 0.3 is 5.97 Å². The van der Waals surface area contributed by atoms with Crippen molar-refractivity contribution in [3.05, 3.63) is 0 Å². The fraction of sp³-hybridized carbons (Fsp3) is 0.929. The highest BCUT2D eigenvalue weighted by atomic mass is 16.5. The Kier molecular flexibility index (Phi) is 10.2. The number of carbonyl (C=O) groups is 1. The van der Waals surface area contributed by atoms with E-state index in [-0.39, 0.29) is 12.0 Å². The fourth-order valence-electron chi connectivity index (χ4n) is 1.56. The second-order valence-corrected chi connectivity index (χ2v) is 5.10. The van der Waals surface area contributed by atoms with Crippen molar-refractivity contribution in [3.8, 4) is 0 Å². The Balaban J connectivity index is 3.33. The molecule has 0 aliphatic carbocycles. The molecule has 0 fully saturated rings. The summed E-state index contributed by atoms with van der Waals surface area (Å²) >= 11 is 0. The molecule has 0 amide bonds. The first-order valence-electron chi connectivity index (χ1n) is 6.99. The third kappa shape index (κ3) is 10.3. The van der Waals surface area contributed by atoms with Gasteiger partial charge in [-0.25, -0.2) is 0 Å². The molecule has 0 bridgehead atoms. The molecular formula is C14H29NO2. The van der Waals surface area contributed by atoms with Crippen LogP contribution >= 0.6 is 0 Å². The molecule has 1 atom stereocenters. The summed E-state index contributed by atoms with van der Waals surface area (Å²) in [7, 11) is 0. The lowest BCUT2D eigenvalue weighted by molar-refractivity contribution is -0.144. The number of esters is 1. The SMILES string of the molecule is CCCCCCCCOC(=O)CC(N)C(C)C. The maximum absolute atomic E-state index is 11.4. The number of hydrogen-bond donors (Lipinski definition) is 1. The zero-order valence-corrected chi connectivity index (χ0v) is 11.7. The number of ether oxygens (including phenoxy) is 1. The van der Waals surface area contributed by atoms with Gasteiger partial charge in [-0.15, -0.1) is 0 Å². The largest absolute Gasteiger partial charge is 0.466 e. The van der Waals surface area contributed by atoms with Gasteiger partial charge in [-0.1, -0.05) is 52.9 Å². The Morgan fingerprint density at radius 2 is 1.71 bits per heavy atom. The highest BCUT2D eigenvalue weighted by Gasteiger charge is 2.13. The molecule has 0 aromatic carbocycles. The van der Waals surface area contributed by atoms with Gasteiger partial charge in [0.2, 0.25) is 0 Å². The molecule has 0 heterocycles. The monoisotopic (exact) mass is 243 g/mol. The Morgan fingerprint density at radius 3 is 2.29 bits per heavy atom. The van der Waals surface area contributed by atoms with Crippen molar-refractivity contribution >= 4 is 5.97 Å². The predicted molar refractivity (Wildman–Crippen MR) is 71.8 cm³/mol. The molecule has 2 N–H and O–H groups in total. The first-order chi connectivity index (χ1) is 8.07. The molecule has 0 saturated heterocycles. The molecule has 0 aromatic rings. The van der Waals surface area contributed by atoms with Gasteiger partial charge in [0.25, 0.3) is 0 Å². The standard InChI is InChI=1S/C14H29NO2/c1-4-5-6-7-8-9-10-17-14(16)11-13(15)12(2)3/h12-13H,4-11,15H2,1-3H3. The summed E-state index contributed by atoms with van der Waals surface area (Å²) in [5.74, 6) is 0.177. The first-order valence-corrected chi connectivity index (χ1v) is 6.99. The topological polar surface area (TPSA) is 52.3 Å². The van der Waals surface area contributed by atoms with Crippen LogP contribution in [0.25, 0.3) is 0 Å². The van der Waals surface area contributed by atoms with Crippen molar-refractivity contribution in [2.24, 2.45) is 11.7 Å². The molecule has 0 aliphatic heterocycles. The van der Waals surface area contributed by atoms with Gasteiger partial charge in [0.05, 0.1) is 13.0 Å². The maximum Gasteiger partial charge on any atom is 0.307 e. The third-order valence-electron chi connectivity index (χ3n) is 3.02. The van der Waals surface area contributed by atoms with Crippen LogP contribution in [0, 0.1) is 5.92 Å². The van der Waals surface area contributed by atoms with Crippen molar-refractivity contribution < 1.29 is 9.53 Å².